The summed E-state index contributed by atoms with van der Waals surface area (Å²) in [6, 6.07) is 16.8. The number of nitrogens with zero attached hydrogens (tertiary/aromatic N) is 1. The molecule has 7 nitrogen and oxygen atoms in total. The fourth-order valence-electron chi connectivity index (χ4n) is 4.60. The number of rotatable bonds is 9. The van der Waals surface area contributed by atoms with Crippen molar-refractivity contribution in [2.24, 2.45) is 0 Å². The van der Waals surface area contributed by atoms with E-state index < -0.39 is 0 Å². The molecule has 0 bridgehead atoms. The summed E-state index contributed by atoms with van der Waals surface area (Å²) in [5.41, 5.74) is 1.22. The van der Waals surface area contributed by atoms with Crippen LogP contribution < -0.4 is 24.3 Å². The SMILES string of the molecule is COc1cc(C2(CNC(=O)c3cccnc3Oc3ccccc3)CCCC2)cc(OC)c1OC. The van der Waals surface area contributed by atoms with Crippen LogP contribution in [0.25, 0.3) is 0 Å². The highest BCUT2D eigenvalue weighted by atomic mass is 16.5. The Morgan fingerprint density at radius 3 is 2.24 bits per heavy atom. The monoisotopic (exact) mass is 462 g/mol. The van der Waals surface area contributed by atoms with E-state index in [4.69, 9.17) is 18.9 Å². The van der Waals surface area contributed by atoms with E-state index in [9.17, 15) is 4.79 Å². The van der Waals surface area contributed by atoms with Crippen LogP contribution in [0.4, 0.5) is 0 Å². The number of carbonyl (C=O) groups excluding carboxylic acids is 1. The van der Waals surface area contributed by atoms with Crippen LogP contribution in [-0.4, -0.2) is 38.8 Å². The van der Waals surface area contributed by atoms with E-state index in [2.05, 4.69) is 10.3 Å². The molecule has 1 amide bonds. The molecule has 0 saturated heterocycles. The van der Waals surface area contributed by atoms with E-state index in [0.717, 1.165) is 31.2 Å². The van der Waals surface area contributed by atoms with E-state index in [1.165, 1.54) is 0 Å². The highest BCUT2D eigenvalue weighted by Crippen LogP contribution is 2.47. The standard InChI is InChI=1S/C27H30N2O5/c1-31-22-16-19(17-23(32-2)24(22)33-3)27(13-7-8-14-27)18-29-25(30)21-12-9-15-28-26(21)34-20-10-5-4-6-11-20/h4-6,9-12,15-17H,7-8,13-14,18H2,1-3H3,(H,29,30). The van der Waals surface area contributed by atoms with Gasteiger partial charge in [-0.05, 0) is 54.8 Å². The van der Waals surface area contributed by atoms with Gasteiger partial charge in [0, 0.05) is 18.2 Å². The molecule has 0 spiro atoms. The molecule has 0 aliphatic heterocycles. The summed E-state index contributed by atoms with van der Waals surface area (Å²) in [5, 5.41) is 3.14. The molecule has 1 aromatic heterocycles. The van der Waals surface area contributed by atoms with Gasteiger partial charge < -0.3 is 24.3 Å². The fourth-order valence-corrected chi connectivity index (χ4v) is 4.60. The molecule has 1 aliphatic rings. The first-order valence-corrected chi connectivity index (χ1v) is 11.4. The maximum Gasteiger partial charge on any atom is 0.256 e. The summed E-state index contributed by atoms with van der Waals surface area (Å²) < 4.78 is 22.5. The van der Waals surface area contributed by atoms with Crippen LogP contribution in [0.1, 0.15) is 41.6 Å². The van der Waals surface area contributed by atoms with Crippen molar-refractivity contribution in [1.29, 1.82) is 0 Å². The summed E-state index contributed by atoms with van der Waals surface area (Å²) in [6.45, 7) is 0.476. The lowest BCUT2D eigenvalue weighted by Crippen LogP contribution is -2.39. The molecule has 3 aromatic rings. The van der Waals surface area contributed by atoms with Crippen LogP contribution in [0.2, 0.25) is 0 Å². The Labute approximate surface area is 200 Å². The topological polar surface area (TPSA) is 78.9 Å². The first-order chi connectivity index (χ1) is 16.6. The normalized spacial score (nSPS) is 14.3. The van der Waals surface area contributed by atoms with Gasteiger partial charge >= 0.3 is 0 Å². The van der Waals surface area contributed by atoms with Crippen LogP contribution in [0.5, 0.6) is 28.9 Å². The molecule has 1 heterocycles. The predicted molar refractivity (Wildman–Crippen MR) is 129 cm³/mol. The van der Waals surface area contributed by atoms with Gasteiger partial charge in [-0.2, -0.15) is 0 Å². The Bertz CT molecular complexity index is 1100. The minimum absolute atomic E-state index is 0.224. The van der Waals surface area contributed by atoms with Crippen LogP contribution >= 0.6 is 0 Å². The number of methoxy groups -OCH3 is 3. The van der Waals surface area contributed by atoms with Crippen molar-refractivity contribution in [1.82, 2.24) is 10.3 Å². The van der Waals surface area contributed by atoms with Crippen LogP contribution in [0.15, 0.2) is 60.8 Å². The average molecular weight is 463 g/mol. The molecular formula is C27H30N2O5. The molecule has 4 rings (SSSR count). The molecule has 34 heavy (non-hydrogen) atoms. The minimum atomic E-state index is -0.231. The molecule has 7 heteroatoms. The molecule has 1 aliphatic carbocycles. The van der Waals surface area contributed by atoms with E-state index in [-0.39, 0.29) is 17.2 Å². The van der Waals surface area contributed by atoms with E-state index in [0.29, 0.717) is 35.1 Å². The third-order valence-electron chi connectivity index (χ3n) is 6.40. The summed E-state index contributed by atoms with van der Waals surface area (Å²) in [7, 11) is 4.82. The molecule has 0 atom stereocenters. The number of benzene rings is 2. The molecule has 2 aromatic carbocycles. The Hall–Kier alpha value is -3.74. The minimum Gasteiger partial charge on any atom is -0.493 e. The summed E-state index contributed by atoms with van der Waals surface area (Å²) in [6.07, 6.45) is 5.69. The largest absolute Gasteiger partial charge is 0.493 e. The zero-order valence-electron chi connectivity index (χ0n) is 19.8. The number of nitrogens with one attached hydrogen (secondary N) is 1. The van der Waals surface area contributed by atoms with Gasteiger partial charge in [0.25, 0.3) is 5.91 Å². The van der Waals surface area contributed by atoms with Crippen molar-refractivity contribution in [2.45, 2.75) is 31.1 Å². The van der Waals surface area contributed by atoms with Gasteiger partial charge in [-0.25, -0.2) is 4.98 Å². The van der Waals surface area contributed by atoms with E-state index in [1.54, 1.807) is 39.7 Å². The van der Waals surface area contributed by atoms with Crippen molar-refractivity contribution >= 4 is 5.91 Å². The van der Waals surface area contributed by atoms with Crippen molar-refractivity contribution < 1.29 is 23.7 Å². The second-order valence-corrected chi connectivity index (χ2v) is 8.36. The number of hydrogen-bond acceptors (Lipinski definition) is 6. The lowest BCUT2D eigenvalue weighted by Gasteiger charge is -2.31. The number of carbonyl (C=O) groups is 1. The van der Waals surface area contributed by atoms with Gasteiger partial charge in [-0.1, -0.05) is 31.0 Å². The number of hydrogen-bond donors (Lipinski definition) is 1. The zero-order chi connectivity index (χ0) is 24.0. The quantitative estimate of drug-likeness (QED) is 0.474. The van der Waals surface area contributed by atoms with Crippen molar-refractivity contribution in [3.63, 3.8) is 0 Å². The van der Waals surface area contributed by atoms with Crippen LogP contribution in [0, 0.1) is 0 Å². The number of amides is 1. The van der Waals surface area contributed by atoms with Crippen molar-refractivity contribution in [2.75, 3.05) is 27.9 Å². The maximum absolute atomic E-state index is 13.2. The highest BCUT2D eigenvalue weighted by molar-refractivity contribution is 5.96. The molecule has 1 fully saturated rings. The maximum atomic E-state index is 13.2. The summed E-state index contributed by atoms with van der Waals surface area (Å²) >= 11 is 0. The van der Waals surface area contributed by atoms with Gasteiger partial charge in [0.2, 0.25) is 11.6 Å². The molecular weight excluding hydrogens is 432 g/mol. The van der Waals surface area contributed by atoms with Gasteiger partial charge in [0.15, 0.2) is 11.5 Å². The number of aromatic nitrogens is 1. The Kier molecular flexibility index (Phi) is 7.21. The number of para-hydroxylation sites is 1. The van der Waals surface area contributed by atoms with Crippen LogP contribution in [-0.2, 0) is 5.41 Å². The van der Waals surface area contributed by atoms with Gasteiger partial charge in [-0.3, -0.25) is 4.79 Å². The second kappa shape index (κ2) is 10.5. The zero-order valence-corrected chi connectivity index (χ0v) is 19.8. The van der Waals surface area contributed by atoms with Gasteiger partial charge in [0.05, 0.1) is 21.3 Å². The first kappa shape index (κ1) is 23.4. The van der Waals surface area contributed by atoms with E-state index >= 15 is 0 Å². The van der Waals surface area contributed by atoms with Crippen molar-refractivity contribution in [3.05, 3.63) is 71.9 Å². The number of pyridine rings is 1. The smallest absolute Gasteiger partial charge is 0.256 e. The molecule has 1 saturated carbocycles. The van der Waals surface area contributed by atoms with Gasteiger partial charge in [-0.15, -0.1) is 0 Å². The lowest BCUT2D eigenvalue weighted by molar-refractivity contribution is 0.0940. The molecule has 178 valence electrons. The molecule has 0 radical (unpaired) electrons. The summed E-state index contributed by atoms with van der Waals surface area (Å²) in [4.78, 5) is 17.5. The first-order valence-electron chi connectivity index (χ1n) is 11.4. The Balaban J connectivity index is 1.58. The highest BCUT2D eigenvalue weighted by Gasteiger charge is 2.37. The third kappa shape index (κ3) is 4.78. The van der Waals surface area contributed by atoms with E-state index in [1.807, 2.05) is 42.5 Å². The predicted octanol–water partition coefficient (Wildman–Crippen LogP) is 5.14. The Morgan fingerprint density at radius 2 is 1.62 bits per heavy atom. The summed E-state index contributed by atoms with van der Waals surface area (Å²) in [5.74, 6) is 2.46. The Morgan fingerprint density at radius 1 is 0.941 bits per heavy atom. The molecule has 0 unspecified atom stereocenters. The molecule has 1 N–H and O–H groups in total. The van der Waals surface area contributed by atoms with Crippen molar-refractivity contribution in [3.8, 4) is 28.9 Å². The third-order valence-corrected chi connectivity index (χ3v) is 6.40. The van der Waals surface area contributed by atoms with Gasteiger partial charge in [0.1, 0.15) is 11.3 Å². The number of ether oxygens (including phenoxy) is 4. The average Bonchev–Trinajstić information content (AvgIpc) is 3.37. The van der Waals surface area contributed by atoms with Crippen LogP contribution in [0.3, 0.4) is 0 Å². The fraction of sp³-hybridized carbons (Fsp3) is 0.333. The second-order valence-electron chi connectivity index (χ2n) is 8.36. The lowest BCUT2D eigenvalue weighted by atomic mass is 9.78.